The number of benzene rings is 1. The fraction of sp³-hybridized carbons (Fsp3) is 0.571. The van der Waals surface area contributed by atoms with Crippen molar-refractivity contribution >= 4 is 21.6 Å². The summed E-state index contributed by atoms with van der Waals surface area (Å²) in [6, 6.07) is 8.61. The first kappa shape index (κ1) is 13.8. The van der Waals surface area contributed by atoms with Gasteiger partial charge in [-0.1, -0.05) is 15.9 Å². The van der Waals surface area contributed by atoms with Gasteiger partial charge in [-0.05, 0) is 45.2 Å². The topological polar surface area (TPSA) is 26.7 Å². The summed E-state index contributed by atoms with van der Waals surface area (Å²) in [5.74, 6) is 0. The molecule has 18 heavy (non-hydrogen) atoms. The number of nitrogens with zero attached hydrogens (tertiary/aromatic N) is 2. The molecule has 1 aromatic rings. The van der Waals surface area contributed by atoms with Crippen LogP contribution in [0.1, 0.15) is 13.8 Å². The maximum absolute atomic E-state index is 9.46. The largest absolute Gasteiger partial charge is 0.395 e. The van der Waals surface area contributed by atoms with Crippen molar-refractivity contribution in [2.45, 2.75) is 25.4 Å². The maximum Gasteiger partial charge on any atom is 0.0604 e. The van der Waals surface area contributed by atoms with E-state index in [1.54, 1.807) is 0 Å². The molecule has 1 aliphatic rings. The first-order valence-electron chi connectivity index (χ1n) is 6.28. The molecule has 0 amide bonds. The Labute approximate surface area is 118 Å². The van der Waals surface area contributed by atoms with Gasteiger partial charge in [-0.2, -0.15) is 0 Å². The molecule has 0 aromatic heterocycles. The van der Waals surface area contributed by atoms with Gasteiger partial charge in [0, 0.05) is 28.8 Å². The van der Waals surface area contributed by atoms with E-state index < -0.39 is 0 Å². The highest BCUT2D eigenvalue weighted by Crippen LogP contribution is 2.30. The molecule has 1 heterocycles. The molecule has 100 valence electrons. The van der Waals surface area contributed by atoms with Gasteiger partial charge in [-0.3, -0.25) is 4.90 Å². The first-order valence-corrected chi connectivity index (χ1v) is 7.07. The second-order valence-corrected chi connectivity index (χ2v) is 6.57. The molecule has 0 radical (unpaired) electrons. The lowest BCUT2D eigenvalue weighted by atomic mass is 9.95. The molecule has 1 fully saturated rings. The third kappa shape index (κ3) is 2.71. The minimum atomic E-state index is 0.0776. The van der Waals surface area contributed by atoms with Crippen molar-refractivity contribution < 1.29 is 5.11 Å². The Balaban J connectivity index is 2.26. The van der Waals surface area contributed by atoms with Crippen LogP contribution in [0.2, 0.25) is 0 Å². The van der Waals surface area contributed by atoms with Gasteiger partial charge in [0.2, 0.25) is 0 Å². The van der Waals surface area contributed by atoms with E-state index in [4.69, 9.17) is 0 Å². The van der Waals surface area contributed by atoms with Gasteiger partial charge < -0.3 is 10.0 Å². The van der Waals surface area contributed by atoms with E-state index in [1.807, 2.05) is 0 Å². The summed E-state index contributed by atoms with van der Waals surface area (Å²) in [7, 11) is 2.08. The Morgan fingerprint density at radius 3 is 2.50 bits per heavy atom. The van der Waals surface area contributed by atoms with Crippen molar-refractivity contribution in [2.24, 2.45) is 0 Å². The van der Waals surface area contributed by atoms with Gasteiger partial charge in [-0.25, -0.2) is 0 Å². The number of halogens is 1. The highest BCUT2D eigenvalue weighted by molar-refractivity contribution is 9.10. The molecule has 0 aliphatic carbocycles. The molecule has 1 aromatic carbocycles. The molecule has 1 N–H and O–H groups in total. The number of likely N-dealkylation sites (N-methyl/N-ethyl adjacent to an activating group) is 1. The fourth-order valence-electron chi connectivity index (χ4n) is 2.70. The molecule has 2 rings (SSSR count). The summed E-state index contributed by atoms with van der Waals surface area (Å²) >= 11 is 3.47. The van der Waals surface area contributed by atoms with E-state index in [0.29, 0.717) is 0 Å². The van der Waals surface area contributed by atoms with Crippen LogP contribution in [0.5, 0.6) is 0 Å². The Kier molecular flexibility index (Phi) is 3.99. The van der Waals surface area contributed by atoms with Crippen molar-refractivity contribution in [3.8, 4) is 0 Å². The number of rotatable bonds is 2. The average molecular weight is 313 g/mol. The predicted octanol–water partition coefficient (Wildman–Crippen LogP) is 2.34. The normalized spacial score (nSPS) is 24.3. The van der Waals surface area contributed by atoms with E-state index in [9.17, 15) is 5.11 Å². The summed E-state index contributed by atoms with van der Waals surface area (Å²) in [5.41, 5.74) is 1.29. The van der Waals surface area contributed by atoms with Gasteiger partial charge in [0.05, 0.1) is 12.6 Å². The predicted molar refractivity (Wildman–Crippen MR) is 79.1 cm³/mol. The highest BCUT2D eigenvalue weighted by atomic mass is 79.9. The van der Waals surface area contributed by atoms with Gasteiger partial charge in [0.15, 0.2) is 0 Å². The fourth-order valence-corrected chi connectivity index (χ4v) is 2.96. The smallest absolute Gasteiger partial charge is 0.0604 e. The number of anilines is 1. The molecule has 1 atom stereocenters. The van der Waals surface area contributed by atoms with Gasteiger partial charge in [-0.15, -0.1) is 0 Å². The van der Waals surface area contributed by atoms with Crippen LogP contribution in [0.3, 0.4) is 0 Å². The van der Waals surface area contributed by atoms with Crippen LogP contribution < -0.4 is 4.90 Å². The van der Waals surface area contributed by atoms with E-state index >= 15 is 0 Å². The van der Waals surface area contributed by atoms with Crippen molar-refractivity contribution in [1.29, 1.82) is 0 Å². The monoisotopic (exact) mass is 312 g/mol. The van der Waals surface area contributed by atoms with Gasteiger partial charge in [0.25, 0.3) is 0 Å². The Bertz CT molecular complexity index is 405. The third-order valence-electron chi connectivity index (χ3n) is 3.73. The molecular formula is C14H21BrN2O. The van der Waals surface area contributed by atoms with Crippen LogP contribution in [-0.2, 0) is 0 Å². The first-order chi connectivity index (χ1) is 8.44. The zero-order valence-electron chi connectivity index (χ0n) is 11.2. The van der Waals surface area contributed by atoms with Gasteiger partial charge >= 0.3 is 0 Å². The summed E-state index contributed by atoms with van der Waals surface area (Å²) < 4.78 is 1.09. The van der Waals surface area contributed by atoms with Crippen LogP contribution >= 0.6 is 15.9 Å². The zero-order chi connectivity index (χ0) is 13.3. The Morgan fingerprint density at radius 1 is 1.33 bits per heavy atom. The van der Waals surface area contributed by atoms with Crippen LogP contribution in [0.25, 0.3) is 0 Å². The van der Waals surface area contributed by atoms with E-state index in [2.05, 4.69) is 70.9 Å². The van der Waals surface area contributed by atoms with Crippen LogP contribution in [0, 0.1) is 0 Å². The maximum atomic E-state index is 9.46. The van der Waals surface area contributed by atoms with Crippen molar-refractivity contribution in [1.82, 2.24) is 4.90 Å². The molecule has 1 saturated heterocycles. The van der Waals surface area contributed by atoms with E-state index in [1.165, 1.54) is 5.69 Å². The lowest BCUT2D eigenvalue weighted by Gasteiger charge is -2.51. The lowest BCUT2D eigenvalue weighted by Crippen LogP contribution is -2.63. The molecule has 1 unspecified atom stereocenters. The SMILES string of the molecule is CN1CC(C)(C)N(c2ccc(Br)cc2)CC1CO. The number of aliphatic hydroxyl groups excluding tert-OH is 1. The van der Waals surface area contributed by atoms with Crippen LogP contribution in [-0.4, -0.2) is 48.3 Å². The summed E-state index contributed by atoms with van der Waals surface area (Å²) in [6.07, 6.45) is 0. The van der Waals surface area contributed by atoms with Crippen molar-refractivity contribution in [3.05, 3.63) is 28.7 Å². The van der Waals surface area contributed by atoms with Crippen LogP contribution in [0.4, 0.5) is 5.69 Å². The quantitative estimate of drug-likeness (QED) is 0.908. The second kappa shape index (κ2) is 5.19. The summed E-state index contributed by atoms with van der Waals surface area (Å²) in [6.45, 7) is 6.52. The number of piperazine rings is 1. The summed E-state index contributed by atoms with van der Waals surface area (Å²) in [5, 5.41) is 9.46. The molecule has 0 saturated carbocycles. The molecule has 1 aliphatic heterocycles. The standard InChI is InChI=1S/C14H21BrN2O/c1-14(2)10-16(3)13(9-18)8-17(14)12-6-4-11(15)5-7-12/h4-7,13,18H,8-10H2,1-3H3. The minimum absolute atomic E-state index is 0.0776. The number of hydrogen-bond donors (Lipinski definition) is 1. The lowest BCUT2D eigenvalue weighted by molar-refractivity contribution is 0.0980. The van der Waals surface area contributed by atoms with Crippen molar-refractivity contribution in [2.75, 3.05) is 31.6 Å². The molecule has 0 bridgehead atoms. The van der Waals surface area contributed by atoms with Crippen LogP contribution in [0.15, 0.2) is 28.7 Å². The molecule has 4 heteroatoms. The van der Waals surface area contributed by atoms with E-state index in [0.717, 1.165) is 17.6 Å². The summed E-state index contributed by atoms with van der Waals surface area (Å²) in [4.78, 5) is 4.63. The average Bonchev–Trinajstić information content (AvgIpc) is 2.30. The van der Waals surface area contributed by atoms with Crippen molar-refractivity contribution in [3.63, 3.8) is 0 Å². The highest BCUT2D eigenvalue weighted by Gasteiger charge is 2.37. The second-order valence-electron chi connectivity index (χ2n) is 5.65. The molecule has 0 spiro atoms. The Morgan fingerprint density at radius 2 is 1.94 bits per heavy atom. The molecule has 3 nitrogen and oxygen atoms in total. The molecular weight excluding hydrogens is 292 g/mol. The third-order valence-corrected chi connectivity index (χ3v) is 4.26. The van der Waals surface area contributed by atoms with Gasteiger partial charge in [0.1, 0.15) is 0 Å². The zero-order valence-corrected chi connectivity index (χ0v) is 12.8. The minimum Gasteiger partial charge on any atom is -0.395 e. The van der Waals surface area contributed by atoms with E-state index in [-0.39, 0.29) is 18.2 Å². The number of hydrogen-bond acceptors (Lipinski definition) is 3. The Hall–Kier alpha value is -0.580. The number of aliphatic hydroxyl groups is 1.